The number of carbonyl (C=O) groups excluding carboxylic acids is 1. The Balaban J connectivity index is 3.91. The molecule has 0 fully saturated rings. The van der Waals surface area contributed by atoms with Crippen molar-refractivity contribution in [1.29, 1.82) is 0 Å². The van der Waals surface area contributed by atoms with E-state index in [2.05, 4.69) is 23.9 Å². The molecule has 0 saturated carbocycles. The molecule has 0 radical (unpaired) electrons. The Kier molecular flexibility index (Phi) is 9.30. The molecule has 0 aromatic rings. The zero-order valence-corrected chi connectivity index (χ0v) is 11.2. The van der Waals surface area contributed by atoms with Gasteiger partial charge in [0, 0.05) is 12.1 Å². The van der Waals surface area contributed by atoms with Crippen molar-refractivity contribution in [3.8, 4) is 0 Å². The fourth-order valence-corrected chi connectivity index (χ4v) is 1.90. The van der Waals surface area contributed by atoms with Crippen LogP contribution in [0.25, 0.3) is 0 Å². The molecule has 0 aliphatic rings. The molecule has 0 bridgehead atoms. The summed E-state index contributed by atoms with van der Waals surface area (Å²) in [4.78, 5) is 11.1. The van der Waals surface area contributed by atoms with Gasteiger partial charge in [-0.2, -0.15) is 0 Å². The molecule has 2 unspecified atom stereocenters. The maximum Gasteiger partial charge on any atom is 0.307 e. The standard InChI is InChI=1S/C13H27NO2/c1-5-7-9-12(8-6-2)14-11(3)10-13(15)16-4/h11-12,14H,5-10H2,1-4H3. The summed E-state index contributed by atoms with van der Waals surface area (Å²) >= 11 is 0. The SMILES string of the molecule is CCCCC(CCC)NC(C)CC(=O)OC. The third kappa shape index (κ3) is 7.69. The molecular formula is C13H27NO2. The lowest BCUT2D eigenvalue weighted by atomic mass is 10.0. The predicted molar refractivity (Wildman–Crippen MR) is 67.5 cm³/mol. The van der Waals surface area contributed by atoms with Crippen LogP contribution in [0.3, 0.4) is 0 Å². The number of unbranched alkanes of at least 4 members (excludes halogenated alkanes) is 1. The molecule has 0 aliphatic heterocycles. The first-order valence-corrected chi connectivity index (χ1v) is 6.46. The van der Waals surface area contributed by atoms with Crippen molar-refractivity contribution in [1.82, 2.24) is 5.32 Å². The number of hydrogen-bond donors (Lipinski definition) is 1. The van der Waals surface area contributed by atoms with E-state index in [1.54, 1.807) is 0 Å². The summed E-state index contributed by atoms with van der Waals surface area (Å²) < 4.78 is 4.66. The number of nitrogens with one attached hydrogen (secondary N) is 1. The van der Waals surface area contributed by atoms with Crippen LogP contribution < -0.4 is 5.32 Å². The van der Waals surface area contributed by atoms with E-state index in [4.69, 9.17) is 0 Å². The highest BCUT2D eigenvalue weighted by atomic mass is 16.5. The minimum Gasteiger partial charge on any atom is -0.469 e. The predicted octanol–water partition coefficient (Wildman–Crippen LogP) is 2.89. The van der Waals surface area contributed by atoms with E-state index in [1.165, 1.54) is 39.2 Å². The van der Waals surface area contributed by atoms with Crippen molar-refractivity contribution in [2.75, 3.05) is 7.11 Å². The lowest BCUT2D eigenvalue weighted by Crippen LogP contribution is -2.37. The van der Waals surface area contributed by atoms with Crippen LogP contribution in [0.5, 0.6) is 0 Å². The highest BCUT2D eigenvalue weighted by Crippen LogP contribution is 2.08. The Hall–Kier alpha value is -0.570. The van der Waals surface area contributed by atoms with E-state index in [0.29, 0.717) is 12.5 Å². The maximum absolute atomic E-state index is 11.1. The fraction of sp³-hybridized carbons (Fsp3) is 0.923. The molecule has 16 heavy (non-hydrogen) atoms. The van der Waals surface area contributed by atoms with Crippen molar-refractivity contribution in [3.05, 3.63) is 0 Å². The lowest BCUT2D eigenvalue weighted by Gasteiger charge is -2.22. The Bertz CT molecular complexity index is 183. The molecule has 2 atom stereocenters. The van der Waals surface area contributed by atoms with Gasteiger partial charge in [-0.3, -0.25) is 4.79 Å². The number of esters is 1. The number of carbonyl (C=O) groups is 1. The van der Waals surface area contributed by atoms with Crippen LogP contribution in [0.15, 0.2) is 0 Å². The largest absolute Gasteiger partial charge is 0.469 e. The van der Waals surface area contributed by atoms with Gasteiger partial charge in [-0.15, -0.1) is 0 Å². The van der Waals surface area contributed by atoms with Crippen molar-refractivity contribution in [2.24, 2.45) is 0 Å². The van der Waals surface area contributed by atoms with Crippen LogP contribution in [0.4, 0.5) is 0 Å². The van der Waals surface area contributed by atoms with Gasteiger partial charge in [-0.05, 0) is 19.8 Å². The summed E-state index contributed by atoms with van der Waals surface area (Å²) in [6.07, 6.45) is 6.52. The Labute approximate surface area is 99.9 Å². The van der Waals surface area contributed by atoms with Gasteiger partial charge in [0.15, 0.2) is 0 Å². The number of rotatable bonds is 9. The highest BCUT2D eigenvalue weighted by molar-refractivity contribution is 5.69. The van der Waals surface area contributed by atoms with Gasteiger partial charge < -0.3 is 10.1 Å². The molecular weight excluding hydrogens is 202 g/mol. The molecule has 3 heteroatoms. The average molecular weight is 229 g/mol. The van der Waals surface area contributed by atoms with Gasteiger partial charge in [-0.1, -0.05) is 33.1 Å². The molecule has 1 N–H and O–H groups in total. The van der Waals surface area contributed by atoms with Crippen molar-refractivity contribution in [3.63, 3.8) is 0 Å². The molecule has 0 aromatic heterocycles. The summed E-state index contributed by atoms with van der Waals surface area (Å²) in [5.41, 5.74) is 0. The molecule has 0 heterocycles. The van der Waals surface area contributed by atoms with Gasteiger partial charge in [-0.25, -0.2) is 0 Å². The first kappa shape index (κ1) is 15.4. The van der Waals surface area contributed by atoms with E-state index < -0.39 is 0 Å². The Morgan fingerprint density at radius 3 is 2.44 bits per heavy atom. The number of hydrogen-bond acceptors (Lipinski definition) is 3. The van der Waals surface area contributed by atoms with E-state index in [9.17, 15) is 4.79 Å². The topological polar surface area (TPSA) is 38.3 Å². The van der Waals surface area contributed by atoms with Crippen LogP contribution in [0, 0.1) is 0 Å². The normalized spacial score (nSPS) is 14.5. The fourth-order valence-electron chi connectivity index (χ4n) is 1.90. The molecule has 0 aromatic carbocycles. The van der Waals surface area contributed by atoms with Gasteiger partial charge in [0.1, 0.15) is 0 Å². The monoisotopic (exact) mass is 229 g/mol. The maximum atomic E-state index is 11.1. The lowest BCUT2D eigenvalue weighted by molar-refractivity contribution is -0.141. The number of methoxy groups -OCH3 is 1. The van der Waals surface area contributed by atoms with Crippen LogP contribution in [-0.4, -0.2) is 25.2 Å². The summed E-state index contributed by atoms with van der Waals surface area (Å²) in [6, 6.07) is 0.755. The van der Waals surface area contributed by atoms with Gasteiger partial charge >= 0.3 is 5.97 Å². The minimum absolute atomic E-state index is 0.134. The van der Waals surface area contributed by atoms with Gasteiger partial charge in [0.2, 0.25) is 0 Å². The zero-order valence-electron chi connectivity index (χ0n) is 11.2. The van der Waals surface area contributed by atoms with Crippen molar-refractivity contribution in [2.45, 2.75) is 71.4 Å². The van der Waals surface area contributed by atoms with Crippen molar-refractivity contribution >= 4 is 5.97 Å². The molecule has 96 valence electrons. The minimum atomic E-state index is -0.134. The first-order valence-electron chi connectivity index (χ1n) is 6.46. The third-order valence-electron chi connectivity index (χ3n) is 2.76. The second-order valence-corrected chi connectivity index (χ2v) is 4.48. The van der Waals surface area contributed by atoms with Crippen LogP contribution in [0.1, 0.15) is 59.3 Å². The van der Waals surface area contributed by atoms with Crippen LogP contribution >= 0.6 is 0 Å². The first-order chi connectivity index (χ1) is 7.63. The van der Waals surface area contributed by atoms with Crippen molar-refractivity contribution < 1.29 is 9.53 Å². The zero-order chi connectivity index (χ0) is 12.4. The average Bonchev–Trinajstić information content (AvgIpc) is 2.25. The van der Waals surface area contributed by atoms with E-state index in [1.807, 2.05) is 6.92 Å². The molecule has 0 saturated heterocycles. The van der Waals surface area contributed by atoms with E-state index >= 15 is 0 Å². The Morgan fingerprint density at radius 2 is 1.94 bits per heavy atom. The Morgan fingerprint density at radius 1 is 1.25 bits per heavy atom. The molecule has 3 nitrogen and oxygen atoms in total. The second kappa shape index (κ2) is 9.64. The van der Waals surface area contributed by atoms with Gasteiger partial charge in [0.25, 0.3) is 0 Å². The molecule has 0 amide bonds. The third-order valence-corrected chi connectivity index (χ3v) is 2.76. The van der Waals surface area contributed by atoms with Crippen LogP contribution in [-0.2, 0) is 9.53 Å². The second-order valence-electron chi connectivity index (χ2n) is 4.48. The van der Waals surface area contributed by atoms with Gasteiger partial charge in [0.05, 0.1) is 13.5 Å². The van der Waals surface area contributed by atoms with E-state index in [0.717, 1.165) is 0 Å². The molecule has 0 spiro atoms. The molecule has 0 aliphatic carbocycles. The molecule has 0 rings (SSSR count). The summed E-state index contributed by atoms with van der Waals surface area (Å²) in [5, 5.41) is 3.52. The quantitative estimate of drug-likeness (QED) is 0.618. The summed E-state index contributed by atoms with van der Waals surface area (Å²) in [5.74, 6) is -0.134. The summed E-state index contributed by atoms with van der Waals surface area (Å²) in [6.45, 7) is 6.46. The van der Waals surface area contributed by atoms with E-state index in [-0.39, 0.29) is 12.0 Å². The summed E-state index contributed by atoms with van der Waals surface area (Å²) in [7, 11) is 1.44. The highest BCUT2D eigenvalue weighted by Gasteiger charge is 2.13. The van der Waals surface area contributed by atoms with Crippen LogP contribution in [0.2, 0.25) is 0 Å². The smallest absolute Gasteiger partial charge is 0.307 e. The number of ether oxygens (including phenoxy) is 1.